The van der Waals surface area contributed by atoms with Crippen LogP contribution in [0, 0.1) is 12.7 Å². The molecule has 0 heterocycles. The second-order valence-electron chi connectivity index (χ2n) is 4.63. The number of aryl methyl sites for hydroxylation is 1. The van der Waals surface area contributed by atoms with Crippen LogP contribution in [0.4, 0.5) is 10.1 Å². The molecule has 0 aromatic heterocycles. The van der Waals surface area contributed by atoms with Crippen molar-refractivity contribution in [3.05, 3.63) is 59.4 Å². The number of sulfonamides is 1. The van der Waals surface area contributed by atoms with Gasteiger partial charge in [-0.25, -0.2) is 17.5 Å². The fourth-order valence-electron chi connectivity index (χ4n) is 1.95. The molecular formula is C15H17FN2O2S. The first kappa shape index (κ1) is 15.5. The minimum Gasteiger partial charge on any atom is -0.381 e. The topological polar surface area (TPSA) is 58.2 Å². The summed E-state index contributed by atoms with van der Waals surface area (Å²) >= 11 is 0. The molecule has 0 fully saturated rings. The Labute approximate surface area is 124 Å². The summed E-state index contributed by atoms with van der Waals surface area (Å²) in [6.07, 6.45) is 0. The molecule has 112 valence electrons. The molecule has 0 aliphatic carbocycles. The second kappa shape index (κ2) is 6.24. The van der Waals surface area contributed by atoms with Crippen molar-refractivity contribution in [1.29, 1.82) is 0 Å². The van der Waals surface area contributed by atoms with Gasteiger partial charge in [-0.3, -0.25) is 0 Å². The summed E-state index contributed by atoms with van der Waals surface area (Å²) in [6.45, 7) is 2.01. The first-order valence-corrected chi connectivity index (χ1v) is 7.94. The van der Waals surface area contributed by atoms with Gasteiger partial charge < -0.3 is 5.32 Å². The number of anilines is 1. The Morgan fingerprint density at radius 1 is 1.14 bits per heavy atom. The van der Waals surface area contributed by atoms with Gasteiger partial charge in [0.25, 0.3) is 0 Å². The Morgan fingerprint density at radius 3 is 2.52 bits per heavy atom. The third-order valence-electron chi connectivity index (χ3n) is 3.19. The number of rotatable bonds is 5. The first-order chi connectivity index (χ1) is 9.94. The van der Waals surface area contributed by atoms with E-state index in [0.29, 0.717) is 16.8 Å². The Bertz CT molecular complexity index is 745. The molecule has 0 aliphatic heterocycles. The predicted molar refractivity (Wildman–Crippen MR) is 81.2 cm³/mol. The molecular weight excluding hydrogens is 291 g/mol. The molecule has 0 unspecified atom stereocenters. The van der Waals surface area contributed by atoms with Gasteiger partial charge in [0, 0.05) is 17.8 Å². The van der Waals surface area contributed by atoms with E-state index in [1.54, 1.807) is 43.3 Å². The average molecular weight is 308 g/mol. The molecule has 0 atom stereocenters. The molecule has 21 heavy (non-hydrogen) atoms. The lowest BCUT2D eigenvalue weighted by molar-refractivity contribution is 0.587. The summed E-state index contributed by atoms with van der Waals surface area (Å²) in [6, 6.07) is 11.5. The quantitative estimate of drug-likeness (QED) is 0.893. The molecule has 2 N–H and O–H groups in total. The summed E-state index contributed by atoms with van der Waals surface area (Å²) in [5, 5.41) is 3.03. The third kappa shape index (κ3) is 3.59. The van der Waals surface area contributed by atoms with Crippen LogP contribution in [0.2, 0.25) is 0 Å². The van der Waals surface area contributed by atoms with Crippen molar-refractivity contribution in [3.63, 3.8) is 0 Å². The molecule has 2 aromatic rings. The van der Waals surface area contributed by atoms with E-state index in [2.05, 4.69) is 10.0 Å². The summed E-state index contributed by atoms with van der Waals surface area (Å²) in [5.74, 6) is -0.291. The highest BCUT2D eigenvalue weighted by molar-refractivity contribution is 7.89. The smallest absolute Gasteiger partial charge is 0.240 e. The largest absolute Gasteiger partial charge is 0.381 e. The lowest BCUT2D eigenvalue weighted by Gasteiger charge is -2.11. The highest BCUT2D eigenvalue weighted by Gasteiger charge is 2.15. The summed E-state index contributed by atoms with van der Waals surface area (Å²) in [4.78, 5) is 0.212. The molecule has 2 rings (SSSR count). The van der Waals surface area contributed by atoms with E-state index in [-0.39, 0.29) is 17.3 Å². The van der Waals surface area contributed by atoms with E-state index < -0.39 is 10.0 Å². The van der Waals surface area contributed by atoms with Crippen LogP contribution in [0.25, 0.3) is 0 Å². The van der Waals surface area contributed by atoms with E-state index in [9.17, 15) is 12.8 Å². The molecule has 0 bridgehead atoms. The lowest BCUT2D eigenvalue weighted by Crippen LogP contribution is -2.19. The van der Waals surface area contributed by atoms with Crippen molar-refractivity contribution >= 4 is 15.7 Å². The van der Waals surface area contributed by atoms with Crippen LogP contribution < -0.4 is 10.0 Å². The SMILES string of the molecule is CNS(=O)(=O)c1cc(NCc2ccccc2F)ccc1C. The van der Waals surface area contributed by atoms with E-state index in [0.717, 1.165) is 0 Å². The zero-order valence-corrected chi connectivity index (χ0v) is 12.7. The minimum absolute atomic E-state index is 0.212. The maximum Gasteiger partial charge on any atom is 0.240 e. The fraction of sp³-hybridized carbons (Fsp3) is 0.200. The van der Waals surface area contributed by atoms with Crippen molar-refractivity contribution in [1.82, 2.24) is 4.72 Å². The Hall–Kier alpha value is -1.92. The maximum atomic E-state index is 13.5. The number of benzene rings is 2. The van der Waals surface area contributed by atoms with Gasteiger partial charge in [0.1, 0.15) is 5.82 Å². The molecule has 0 spiro atoms. The number of halogens is 1. The molecule has 0 radical (unpaired) electrons. The van der Waals surface area contributed by atoms with Gasteiger partial charge in [0.2, 0.25) is 10.0 Å². The van der Waals surface area contributed by atoms with Crippen LogP contribution >= 0.6 is 0 Å². The van der Waals surface area contributed by atoms with Crippen LogP contribution in [0.1, 0.15) is 11.1 Å². The molecule has 0 aliphatic rings. The molecule has 0 saturated heterocycles. The average Bonchev–Trinajstić information content (AvgIpc) is 2.47. The van der Waals surface area contributed by atoms with Crippen LogP contribution in [0.15, 0.2) is 47.4 Å². The van der Waals surface area contributed by atoms with Crippen molar-refractivity contribution in [3.8, 4) is 0 Å². The van der Waals surface area contributed by atoms with Gasteiger partial charge in [-0.1, -0.05) is 24.3 Å². The predicted octanol–water partition coefficient (Wildman–Crippen LogP) is 2.65. The first-order valence-electron chi connectivity index (χ1n) is 6.45. The van der Waals surface area contributed by atoms with Crippen LogP contribution in [-0.2, 0) is 16.6 Å². The molecule has 0 saturated carbocycles. The van der Waals surface area contributed by atoms with Gasteiger partial charge in [-0.15, -0.1) is 0 Å². The van der Waals surface area contributed by atoms with E-state index in [1.807, 2.05) is 0 Å². The van der Waals surface area contributed by atoms with Crippen molar-refractivity contribution in [2.24, 2.45) is 0 Å². The number of hydrogen-bond acceptors (Lipinski definition) is 3. The number of hydrogen-bond donors (Lipinski definition) is 2. The van der Waals surface area contributed by atoms with E-state index in [4.69, 9.17) is 0 Å². The maximum absolute atomic E-state index is 13.5. The van der Waals surface area contributed by atoms with Crippen molar-refractivity contribution in [2.75, 3.05) is 12.4 Å². The van der Waals surface area contributed by atoms with Crippen molar-refractivity contribution in [2.45, 2.75) is 18.4 Å². The van der Waals surface area contributed by atoms with E-state index >= 15 is 0 Å². The minimum atomic E-state index is -3.51. The Morgan fingerprint density at radius 2 is 1.86 bits per heavy atom. The van der Waals surface area contributed by atoms with Gasteiger partial charge >= 0.3 is 0 Å². The van der Waals surface area contributed by atoms with Gasteiger partial charge in [0.05, 0.1) is 4.90 Å². The summed E-state index contributed by atoms with van der Waals surface area (Å²) in [5.41, 5.74) is 1.80. The Balaban J connectivity index is 2.23. The van der Waals surface area contributed by atoms with Crippen molar-refractivity contribution < 1.29 is 12.8 Å². The van der Waals surface area contributed by atoms with Gasteiger partial charge in [0.15, 0.2) is 0 Å². The lowest BCUT2D eigenvalue weighted by atomic mass is 10.2. The third-order valence-corrected chi connectivity index (χ3v) is 4.74. The molecule has 4 nitrogen and oxygen atoms in total. The zero-order chi connectivity index (χ0) is 15.5. The highest BCUT2D eigenvalue weighted by atomic mass is 32.2. The number of nitrogens with one attached hydrogen (secondary N) is 2. The monoisotopic (exact) mass is 308 g/mol. The van der Waals surface area contributed by atoms with Crippen LogP contribution in [0.5, 0.6) is 0 Å². The molecule has 2 aromatic carbocycles. The normalized spacial score (nSPS) is 11.4. The zero-order valence-electron chi connectivity index (χ0n) is 11.9. The highest BCUT2D eigenvalue weighted by Crippen LogP contribution is 2.20. The van der Waals surface area contributed by atoms with Crippen LogP contribution in [0.3, 0.4) is 0 Å². The standard InChI is InChI=1S/C15H17FN2O2S/c1-11-7-8-13(9-15(11)21(19,20)17-2)18-10-12-5-3-4-6-14(12)16/h3-9,17-18H,10H2,1-2H3. The Kier molecular flexibility index (Phi) is 4.59. The van der Waals surface area contributed by atoms with Crippen LogP contribution in [-0.4, -0.2) is 15.5 Å². The van der Waals surface area contributed by atoms with Gasteiger partial charge in [-0.05, 0) is 37.7 Å². The second-order valence-corrected chi connectivity index (χ2v) is 6.49. The van der Waals surface area contributed by atoms with Gasteiger partial charge in [-0.2, -0.15) is 0 Å². The summed E-state index contributed by atoms with van der Waals surface area (Å²) < 4.78 is 39.6. The molecule has 0 amide bonds. The molecule has 6 heteroatoms. The van der Waals surface area contributed by atoms with E-state index in [1.165, 1.54) is 13.1 Å². The summed E-state index contributed by atoms with van der Waals surface area (Å²) in [7, 11) is -2.14. The fourth-order valence-corrected chi connectivity index (χ4v) is 2.94.